The van der Waals surface area contributed by atoms with Crippen LogP contribution in [-0.4, -0.2) is 58.9 Å². The molecule has 0 unspecified atom stereocenters. The number of carbonyl (C=O) groups excluding carboxylic acids is 4. The predicted molar refractivity (Wildman–Crippen MR) is 159 cm³/mol. The van der Waals surface area contributed by atoms with E-state index < -0.39 is 45.5 Å². The Labute approximate surface area is 246 Å². The fraction of sp³-hybridized carbons (Fsp3) is 0.448. The average molecular weight is 603 g/mol. The Kier molecular flexibility index (Phi) is 9.25. The molecule has 228 valence electrons. The highest BCUT2D eigenvalue weighted by Gasteiger charge is 2.31. The van der Waals surface area contributed by atoms with Gasteiger partial charge in [-0.15, -0.1) is 0 Å². The molecule has 12 nitrogen and oxygen atoms in total. The molecule has 1 fully saturated rings. The van der Waals surface area contributed by atoms with Crippen LogP contribution in [0.5, 0.6) is 5.75 Å². The molecule has 4 amide bonds. The van der Waals surface area contributed by atoms with E-state index in [0.29, 0.717) is 22.7 Å². The van der Waals surface area contributed by atoms with E-state index >= 15 is 0 Å². The second-order valence-electron chi connectivity index (χ2n) is 12.0. The number of esters is 1. The van der Waals surface area contributed by atoms with E-state index in [4.69, 9.17) is 9.47 Å². The van der Waals surface area contributed by atoms with Gasteiger partial charge in [0.25, 0.3) is 5.91 Å². The third-order valence-corrected chi connectivity index (χ3v) is 7.55. The largest absolute Gasteiger partial charge is 0.496 e. The molecule has 3 rings (SSSR count). The van der Waals surface area contributed by atoms with Crippen LogP contribution in [0.4, 0.5) is 21.9 Å². The Hall–Kier alpha value is -4.13. The van der Waals surface area contributed by atoms with E-state index in [1.807, 2.05) is 20.8 Å². The fourth-order valence-electron chi connectivity index (χ4n) is 4.13. The van der Waals surface area contributed by atoms with Gasteiger partial charge in [0.1, 0.15) is 5.75 Å². The first kappa shape index (κ1) is 32.4. The van der Waals surface area contributed by atoms with Crippen LogP contribution in [-0.2, 0) is 29.8 Å². The molecular formula is C29H38N4O8S. The number of hydrogen-bond acceptors (Lipinski definition) is 8. The minimum atomic E-state index is -3.80. The van der Waals surface area contributed by atoms with Crippen molar-refractivity contribution in [2.24, 2.45) is 5.41 Å². The topological polar surface area (TPSA) is 151 Å². The fourth-order valence-corrected chi connectivity index (χ4v) is 4.88. The molecule has 0 radical (unpaired) electrons. The monoisotopic (exact) mass is 602 g/mol. The van der Waals surface area contributed by atoms with E-state index in [-0.39, 0.29) is 30.1 Å². The van der Waals surface area contributed by atoms with E-state index in [1.165, 1.54) is 42.3 Å². The van der Waals surface area contributed by atoms with Gasteiger partial charge in [-0.3, -0.25) is 24.6 Å². The lowest BCUT2D eigenvalue weighted by molar-refractivity contribution is -0.152. The Morgan fingerprint density at radius 3 is 2.17 bits per heavy atom. The number of benzene rings is 2. The third kappa shape index (κ3) is 7.58. The quantitative estimate of drug-likeness (QED) is 0.340. The zero-order valence-electron chi connectivity index (χ0n) is 25.2. The predicted octanol–water partition coefficient (Wildman–Crippen LogP) is 4.00. The number of urea groups is 1. The first-order valence-electron chi connectivity index (χ1n) is 13.2. The van der Waals surface area contributed by atoms with Crippen molar-refractivity contribution in [3.8, 4) is 5.75 Å². The van der Waals surface area contributed by atoms with Gasteiger partial charge < -0.3 is 14.8 Å². The number of anilines is 3. The molecule has 1 heterocycles. The van der Waals surface area contributed by atoms with E-state index in [2.05, 4.69) is 10.6 Å². The van der Waals surface area contributed by atoms with Crippen LogP contribution in [0.3, 0.4) is 0 Å². The molecule has 0 atom stereocenters. The first-order chi connectivity index (χ1) is 19.3. The Balaban J connectivity index is 1.93. The second-order valence-corrected chi connectivity index (χ2v) is 13.9. The van der Waals surface area contributed by atoms with Gasteiger partial charge >= 0.3 is 12.0 Å². The van der Waals surface area contributed by atoms with Crippen LogP contribution in [0, 0.1) is 5.41 Å². The lowest BCUT2D eigenvalue weighted by atomic mass is 9.84. The van der Waals surface area contributed by atoms with Crippen LogP contribution < -0.4 is 24.6 Å². The molecule has 42 heavy (non-hydrogen) atoms. The van der Waals surface area contributed by atoms with Crippen LogP contribution >= 0.6 is 0 Å². The van der Waals surface area contributed by atoms with Crippen molar-refractivity contribution in [1.29, 1.82) is 0 Å². The van der Waals surface area contributed by atoms with Crippen molar-refractivity contribution in [2.45, 2.75) is 53.4 Å². The Morgan fingerprint density at radius 2 is 1.67 bits per heavy atom. The molecular weight excluding hydrogens is 564 g/mol. The van der Waals surface area contributed by atoms with Gasteiger partial charge in [-0.05, 0) is 62.6 Å². The number of nitrogens with zero attached hydrogens (tertiary/aromatic N) is 2. The van der Waals surface area contributed by atoms with Gasteiger partial charge in [0.05, 0.1) is 30.0 Å². The molecule has 2 aromatic carbocycles. The summed E-state index contributed by atoms with van der Waals surface area (Å²) in [7, 11) is -2.34. The summed E-state index contributed by atoms with van der Waals surface area (Å²) in [6, 6.07) is 8.70. The third-order valence-electron chi connectivity index (χ3n) is 6.43. The molecule has 0 spiro atoms. The number of nitrogens with one attached hydrogen (secondary N) is 2. The van der Waals surface area contributed by atoms with Crippen molar-refractivity contribution in [1.82, 2.24) is 5.32 Å². The maximum atomic E-state index is 13.6. The van der Waals surface area contributed by atoms with E-state index in [0.717, 1.165) is 10.6 Å². The summed E-state index contributed by atoms with van der Waals surface area (Å²) in [5.74, 6) is -1.12. The highest BCUT2D eigenvalue weighted by molar-refractivity contribution is 7.92. The molecule has 2 aromatic rings. The second kappa shape index (κ2) is 12.0. The number of rotatable bonds is 8. The van der Waals surface area contributed by atoms with E-state index in [9.17, 15) is 27.6 Å². The minimum Gasteiger partial charge on any atom is -0.496 e. The average Bonchev–Trinajstić information content (AvgIpc) is 2.87. The molecule has 1 aliphatic rings. The molecule has 0 aliphatic carbocycles. The standard InChI is InChI=1S/C29H38N4O8S/c1-28(2,3)22-16-20(32-14-13-23(34)31-27(32)37)15-21(24(22)40-7)25(35)30-18-9-11-19(12-10-18)33(42(8,38)39)17-41-26(36)29(4,5)6/h9-12,15-16H,13-14,17H2,1-8H3,(H,30,35)(H,31,34,37). The van der Waals surface area contributed by atoms with Gasteiger partial charge in [0.2, 0.25) is 15.9 Å². The summed E-state index contributed by atoms with van der Waals surface area (Å²) in [6.07, 6.45) is 1.12. The van der Waals surface area contributed by atoms with Gasteiger partial charge in [0.15, 0.2) is 6.73 Å². The number of methoxy groups -OCH3 is 1. The summed E-state index contributed by atoms with van der Waals surface area (Å²) in [6.45, 7) is 10.5. The van der Waals surface area contributed by atoms with Crippen molar-refractivity contribution in [3.05, 3.63) is 47.5 Å². The summed E-state index contributed by atoms with van der Waals surface area (Å²) >= 11 is 0. The molecule has 13 heteroatoms. The number of ether oxygens (including phenoxy) is 2. The SMILES string of the molecule is COc1c(C(=O)Nc2ccc(N(COC(=O)C(C)(C)C)S(C)(=O)=O)cc2)cc(N2CCC(=O)NC2=O)cc1C(C)(C)C. The summed E-state index contributed by atoms with van der Waals surface area (Å²) < 4.78 is 36.7. The molecule has 0 aromatic heterocycles. The number of hydrogen-bond donors (Lipinski definition) is 2. The lowest BCUT2D eigenvalue weighted by Crippen LogP contribution is -2.49. The van der Waals surface area contributed by atoms with E-state index in [1.54, 1.807) is 26.8 Å². The Morgan fingerprint density at radius 1 is 1.05 bits per heavy atom. The van der Waals surface area contributed by atoms with Gasteiger partial charge in [0, 0.05) is 29.9 Å². The van der Waals surface area contributed by atoms with Gasteiger partial charge in [-0.1, -0.05) is 20.8 Å². The van der Waals surface area contributed by atoms with Crippen molar-refractivity contribution in [2.75, 3.05) is 41.2 Å². The summed E-state index contributed by atoms with van der Waals surface area (Å²) in [5, 5.41) is 5.08. The first-order valence-corrected chi connectivity index (χ1v) is 15.1. The molecule has 0 bridgehead atoms. The van der Waals surface area contributed by atoms with Crippen LogP contribution in [0.1, 0.15) is 63.9 Å². The summed E-state index contributed by atoms with van der Waals surface area (Å²) in [4.78, 5) is 51.4. The van der Waals surface area contributed by atoms with Crippen molar-refractivity contribution >= 4 is 50.9 Å². The zero-order valence-corrected chi connectivity index (χ0v) is 26.0. The van der Waals surface area contributed by atoms with Gasteiger partial charge in [-0.25, -0.2) is 17.5 Å². The number of sulfonamides is 1. The summed E-state index contributed by atoms with van der Waals surface area (Å²) in [5.41, 5.74) is 0.595. The normalized spacial score (nSPS) is 14.2. The van der Waals surface area contributed by atoms with Crippen LogP contribution in [0.2, 0.25) is 0 Å². The highest BCUT2D eigenvalue weighted by Crippen LogP contribution is 2.38. The molecule has 2 N–H and O–H groups in total. The maximum Gasteiger partial charge on any atom is 0.328 e. The molecule has 1 aliphatic heterocycles. The minimum absolute atomic E-state index is 0.121. The maximum absolute atomic E-state index is 13.6. The van der Waals surface area contributed by atoms with Crippen LogP contribution in [0.25, 0.3) is 0 Å². The van der Waals surface area contributed by atoms with Crippen molar-refractivity contribution < 1.29 is 37.1 Å². The highest BCUT2D eigenvalue weighted by atomic mass is 32.2. The number of amides is 4. The lowest BCUT2D eigenvalue weighted by Gasteiger charge is -2.30. The zero-order chi connectivity index (χ0) is 31.6. The number of imide groups is 1. The molecule has 1 saturated heterocycles. The van der Waals surface area contributed by atoms with Crippen molar-refractivity contribution in [3.63, 3.8) is 0 Å². The molecule has 0 saturated carbocycles. The smallest absolute Gasteiger partial charge is 0.328 e. The number of carbonyl (C=O) groups is 4. The van der Waals surface area contributed by atoms with Gasteiger partial charge in [-0.2, -0.15) is 0 Å². The Bertz CT molecular complexity index is 1490. The van der Waals surface area contributed by atoms with Crippen LogP contribution in [0.15, 0.2) is 36.4 Å².